The predicted octanol–water partition coefficient (Wildman–Crippen LogP) is 5.38. The predicted molar refractivity (Wildman–Crippen MR) is 126 cm³/mol. The molecule has 0 spiro atoms. The van der Waals surface area contributed by atoms with Crippen LogP contribution in [-0.4, -0.2) is 25.0 Å². The Hall–Kier alpha value is -3.80. The Labute approximate surface area is 188 Å². The molecule has 0 aliphatic rings. The first-order valence-electron chi connectivity index (χ1n) is 10.6. The van der Waals surface area contributed by atoms with Crippen LogP contribution < -0.4 is 20.1 Å². The van der Waals surface area contributed by atoms with E-state index in [2.05, 4.69) is 24.5 Å². The van der Waals surface area contributed by atoms with E-state index in [0.717, 1.165) is 6.42 Å². The fraction of sp³-hybridized carbons (Fsp3) is 0.231. The zero-order valence-corrected chi connectivity index (χ0v) is 18.3. The van der Waals surface area contributed by atoms with Crippen molar-refractivity contribution in [2.24, 2.45) is 5.92 Å². The number of para-hydroxylation sites is 1. The molecule has 6 heteroatoms. The van der Waals surface area contributed by atoms with Crippen molar-refractivity contribution in [2.45, 2.75) is 20.3 Å². The lowest BCUT2D eigenvalue weighted by Crippen LogP contribution is -2.20. The maximum atomic E-state index is 12.7. The van der Waals surface area contributed by atoms with Gasteiger partial charge in [-0.05, 0) is 60.9 Å². The molecule has 0 fully saturated rings. The van der Waals surface area contributed by atoms with Crippen molar-refractivity contribution in [3.8, 4) is 11.5 Å². The number of rotatable bonds is 10. The van der Waals surface area contributed by atoms with Crippen LogP contribution in [0.15, 0.2) is 78.9 Å². The molecule has 3 aromatic rings. The van der Waals surface area contributed by atoms with Crippen LogP contribution in [0.4, 0.5) is 11.4 Å². The molecule has 3 aromatic carbocycles. The normalized spacial score (nSPS) is 10.5. The largest absolute Gasteiger partial charge is 0.494 e. The highest BCUT2D eigenvalue weighted by Crippen LogP contribution is 2.19. The number of anilines is 2. The summed E-state index contributed by atoms with van der Waals surface area (Å²) in [7, 11) is 0. The van der Waals surface area contributed by atoms with E-state index >= 15 is 0 Å². The molecule has 0 bridgehead atoms. The summed E-state index contributed by atoms with van der Waals surface area (Å²) in [5, 5.41) is 5.63. The molecule has 2 N–H and O–H groups in total. The maximum Gasteiger partial charge on any atom is 0.262 e. The average molecular weight is 433 g/mol. The molecule has 0 unspecified atom stereocenters. The van der Waals surface area contributed by atoms with Crippen LogP contribution >= 0.6 is 0 Å². The molecule has 0 aliphatic heterocycles. The van der Waals surface area contributed by atoms with Gasteiger partial charge < -0.3 is 20.1 Å². The van der Waals surface area contributed by atoms with E-state index in [1.165, 1.54) is 0 Å². The van der Waals surface area contributed by atoms with E-state index in [0.29, 0.717) is 41.0 Å². The summed E-state index contributed by atoms with van der Waals surface area (Å²) in [6, 6.07) is 23.2. The van der Waals surface area contributed by atoms with E-state index in [1.54, 1.807) is 54.6 Å². The van der Waals surface area contributed by atoms with Crippen LogP contribution in [0.1, 0.15) is 30.6 Å². The van der Waals surface area contributed by atoms with E-state index in [4.69, 9.17) is 9.47 Å². The third-order valence-electron chi connectivity index (χ3n) is 4.58. The molecule has 0 aromatic heterocycles. The number of hydrogen-bond donors (Lipinski definition) is 2. The van der Waals surface area contributed by atoms with Gasteiger partial charge in [-0.1, -0.05) is 44.2 Å². The molecule has 32 heavy (non-hydrogen) atoms. The number of carbonyl (C=O) groups excluding carboxylic acids is 2. The number of nitrogens with one attached hydrogen (secondary N) is 2. The van der Waals surface area contributed by atoms with Gasteiger partial charge in [0.1, 0.15) is 11.5 Å². The summed E-state index contributed by atoms with van der Waals surface area (Å²) >= 11 is 0. The Morgan fingerprint density at radius 3 is 2.22 bits per heavy atom. The fourth-order valence-corrected chi connectivity index (χ4v) is 2.88. The van der Waals surface area contributed by atoms with Gasteiger partial charge in [0.2, 0.25) is 0 Å². The Morgan fingerprint density at radius 2 is 1.47 bits per heavy atom. The number of hydrogen-bond acceptors (Lipinski definition) is 4. The lowest BCUT2D eigenvalue weighted by Gasteiger charge is -2.11. The second-order valence-corrected chi connectivity index (χ2v) is 7.74. The summed E-state index contributed by atoms with van der Waals surface area (Å²) in [5.74, 6) is 1.30. The minimum absolute atomic E-state index is 0.107. The van der Waals surface area contributed by atoms with E-state index in [1.807, 2.05) is 24.3 Å². The molecule has 0 atom stereocenters. The number of ether oxygens (including phenoxy) is 2. The van der Waals surface area contributed by atoms with Crippen LogP contribution in [0.3, 0.4) is 0 Å². The molecule has 3 rings (SSSR count). The molecule has 0 aliphatic carbocycles. The minimum Gasteiger partial charge on any atom is -0.494 e. The Kier molecular flexibility index (Phi) is 8.26. The van der Waals surface area contributed by atoms with Crippen molar-refractivity contribution in [3.05, 3.63) is 84.4 Å². The zero-order valence-electron chi connectivity index (χ0n) is 18.3. The zero-order chi connectivity index (χ0) is 22.8. The fourth-order valence-electron chi connectivity index (χ4n) is 2.88. The molecular weight excluding hydrogens is 404 g/mol. The molecule has 0 heterocycles. The molecule has 2 amide bonds. The minimum atomic E-state index is -0.288. The smallest absolute Gasteiger partial charge is 0.262 e. The second kappa shape index (κ2) is 11.6. The summed E-state index contributed by atoms with van der Waals surface area (Å²) in [5.41, 5.74) is 1.64. The van der Waals surface area contributed by atoms with Crippen molar-refractivity contribution in [3.63, 3.8) is 0 Å². The standard InChI is InChI=1S/C26H28N2O4/c1-19(2)14-15-31-24-13-6-8-20(16-24)26(30)28-22-10-7-9-21(17-22)27-25(29)18-32-23-11-4-3-5-12-23/h3-13,16-17,19H,14-15,18H2,1-2H3,(H,27,29)(H,28,30). The van der Waals surface area contributed by atoms with E-state index in [-0.39, 0.29) is 18.4 Å². The van der Waals surface area contributed by atoms with Crippen molar-refractivity contribution in [2.75, 3.05) is 23.8 Å². The lowest BCUT2D eigenvalue weighted by molar-refractivity contribution is -0.118. The lowest BCUT2D eigenvalue weighted by atomic mass is 10.1. The molecule has 0 radical (unpaired) electrons. The van der Waals surface area contributed by atoms with Gasteiger partial charge in [-0.25, -0.2) is 0 Å². The first kappa shape index (κ1) is 22.9. The quantitative estimate of drug-likeness (QED) is 0.451. The van der Waals surface area contributed by atoms with Gasteiger partial charge in [-0.2, -0.15) is 0 Å². The van der Waals surface area contributed by atoms with Gasteiger partial charge in [0.15, 0.2) is 6.61 Å². The van der Waals surface area contributed by atoms with E-state index in [9.17, 15) is 9.59 Å². The molecule has 0 saturated heterocycles. The Morgan fingerprint density at radius 1 is 0.781 bits per heavy atom. The third kappa shape index (κ3) is 7.47. The van der Waals surface area contributed by atoms with Crippen LogP contribution in [0.5, 0.6) is 11.5 Å². The van der Waals surface area contributed by atoms with Gasteiger partial charge in [-0.3, -0.25) is 9.59 Å². The number of amides is 2. The first-order chi connectivity index (χ1) is 15.5. The van der Waals surface area contributed by atoms with Gasteiger partial charge in [-0.15, -0.1) is 0 Å². The average Bonchev–Trinajstić information content (AvgIpc) is 2.78. The summed E-state index contributed by atoms with van der Waals surface area (Å²) in [4.78, 5) is 24.8. The van der Waals surface area contributed by atoms with Gasteiger partial charge >= 0.3 is 0 Å². The monoisotopic (exact) mass is 432 g/mol. The van der Waals surface area contributed by atoms with Crippen LogP contribution in [-0.2, 0) is 4.79 Å². The summed E-state index contributed by atoms with van der Waals surface area (Å²) in [6.07, 6.45) is 0.950. The van der Waals surface area contributed by atoms with Crippen LogP contribution in [0.25, 0.3) is 0 Å². The second-order valence-electron chi connectivity index (χ2n) is 7.74. The molecule has 0 saturated carbocycles. The highest BCUT2D eigenvalue weighted by Gasteiger charge is 2.09. The summed E-state index contributed by atoms with van der Waals surface area (Å²) in [6.45, 7) is 4.78. The maximum absolute atomic E-state index is 12.7. The van der Waals surface area contributed by atoms with Crippen molar-refractivity contribution in [1.82, 2.24) is 0 Å². The highest BCUT2D eigenvalue weighted by atomic mass is 16.5. The van der Waals surface area contributed by atoms with Crippen molar-refractivity contribution in [1.29, 1.82) is 0 Å². The Balaban J connectivity index is 1.54. The van der Waals surface area contributed by atoms with Gasteiger partial charge in [0.05, 0.1) is 6.61 Å². The van der Waals surface area contributed by atoms with Gasteiger partial charge in [0, 0.05) is 16.9 Å². The van der Waals surface area contributed by atoms with Crippen LogP contribution in [0.2, 0.25) is 0 Å². The SMILES string of the molecule is CC(C)CCOc1cccc(C(=O)Nc2cccc(NC(=O)COc3ccccc3)c2)c1. The Bertz CT molecular complexity index is 1030. The molecule has 166 valence electrons. The summed E-state index contributed by atoms with van der Waals surface area (Å²) < 4.78 is 11.2. The molecular formula is C26H28N2O4. The highest BCUT2D eigenvalue weighted by molar-refractivity contribution is 6.05. The number of benzene rings is 3. The topological polar surface area (TPSA) is 76.7 Å². The molecule has 6 nitrogen and oxygen atoms in total. The third-order valence-corrected chi connectivity index (χ3v) is 4.58. The van der Waals surface area contributed by atoms with Crippen molar-refractivity contribution < 1.29 is 19.1 Å². The van der Waals surface area contributed by atoms with Crippen molar-refractivity contribution >= 4 is 23.2 Å². The van der Waals surface area contributed by atoms with Crippen LogP contribution in [0, 0.1) is 5.92 Å². The van der Waals surface area contributed by atoms with Gasteiger partial charge in [0.25, 0.3) is 11.8 Å². The van der Waals surface area contributed by atoms with E-state index < -0.39 is 0 Å². The number of carbonyl (C=O) groups is 2. The first-order valence-corrected chi connectivity index (χ1v) is 10.6.